The molecule has 0 radical (unpaired) electrons. The van der Waals surface area contributed by atoms with Crippen LogP contribution >= 0.6 is 0 Å². The zero-order chi connectivity index (χ0) is 17.1. The van der Waals surface area contributed by atoms with E-state index in [-0.39, 0.29) is 11.8 Å². The molecule has 1 aliphatic rings. The highest BCUT2D eigenvalue weighted by molar-refractivity contribution is 5.96. The Morgan fingerprint density at radius 1 is 1.12 bits per heavy atom. The molecule has 1 amide bonds. The van der Waals surface area contributed by atoms with Crippen LogP contribution in [0.2, 0.25) is 0 Å². The van der Waals surface area contributed by atoms with E-state index in [0.717, 1.165) is 24.2 Å². The number of ether oxygens (including phenoxy) is 2. The number of amides is 1. The molecule has 0 aliphatic carbocycles. The van der Waals surface area contributed by atoms with Crippen LogP contribution in [-0.2, 0) is 17.6 Å². The number of anilines is 1. The highest BCUT2D eigenvalue weighted by atomic mass is 16.5. The van der Waals surface area contributed by atoms with Gasteiger partial charge < -0.3 is 14.4 Å². The molecule has 1 aliphatic heterocycles. The van der Waals surface area contributed by atoms with E-state index < -0.39 is 0 Å². The second-order valence-electron chi connectivity index (χ2n) is 6.16. The number of methoxy groups -OCH3 is 2. The summed E-state index contributed by atoms with van der Waals surface area (Å²) in [4.78, 5) is 14.8. The van der Waals surface area contributed by atoms with Crippen LogP contribution in [0.15, 0.2) is 42.5 Å². The maximum Gasteiger partial charge on any atom is 0.230 e. The van der Waals surface area contributed by atoms with Crippen LogP contribution in [0.1, 0.15) is 18.1 Å². The summed E-state index contributed by atoms with van der Waals surface area (Å²) >= 11 is 0. The second kappa shape index (κ2) is 6.95. The Bertz CT molecular complexity index is 741. The quantitative estimate of drug-likeness (QED) is 0.845. The van der Waals surface area contributed by atoms with Crippen LogP contribution in [0.5, 0.6) is 11.5 Å². The first kappa shape index (κ1) is 16.4. The number of rotatable bonds is 5. The Labute approximate surface area is 143 Å². The lowest BCUT2D eigenvalue weighted by molar-refractivity contribution is -0.121. The van der Waals surface area contributed by atoms with Crippen molar-refractivity contribution in [3.05, 3.63) is 53.6 Å². The van der Waals surface area contributed by atoms with Crippen molar-refractivity contribution < 1.29 is 14.3 Å². The van der Waals surface area contributed by atoms with Gasteiger partial charge in [0, 0.05) is 18.2 Å². The number of para-hydroxylation sites is 1. The lowest BCUT2D eigenvalue weighted by Gasteiger charge is -2.22. The standard InChI is InChI=1S/C20H23NO3/c1-14(12-15-8-9-18(23-2)19(13-15)24-3)20(22)21-11-10-16-6-4-5-7-17(16)21/h4-9,13-14H,10-12H2,1-3H3. The Kier molecular flexibility index (Phi) is 4.74. The minimum Gasteiger partial charge on any atom is -0.493 e. The van der Waals surface area contributed by atoms with E-state index in [9.17, 15) is 4.79 Å². The molecular formula is C20H23NO3. The number of carbonyl (C=O) groups excluding carboxylic acids is 1. The molecule has 1 atom stereocenters. The van der Waals surface area contributed by atoms with Crippen molar-refractivity contribution in [2.45, 2.75) is 19.8 Å². The Balaban J connectivity index is 1.73. The van der Waals surface area contributed by atoms with Gasteiger partial charge in [0.2, 0.25) is 5.91 Å². The summed E-state index contributed by atoms with van der Waals surface area (Å²) in [7, 11) is 3.24. The normalized spacial score (nSPS) is 14.2. The van der Waals surface area contributed by atoms with Gasteiger partial charge in [-0.05, 0) is 42.2 Å². The van der Waals surface area contributed by atoms with E-state index in [0.29, 0.717) is 17.9 Å². The first-order chi connectivity index (χ1) is 11.6. The molecule has 4 nitrogen and oxygen atoms in total. The molecule has 2 aromatic rings. The summed E-state index contributed by atoms with van der Waals surface area (Å²) in [6.45, 7) is 2.76. The predicted octanol–water partition coefficient (Wildman–Crippen LogP) is 3.47. The lowest BCUT2D eigenvalue weighted by Crippen LogP contribution is -2.34. The van der Waals surface area contributed by atoms with Crippen LogP contribution in [0.4, 0.5) is 5.69 Å². The van der Waals surface area contributed by atoms with E-state index >= 15 is 0 Å². The molecular weight excluding hydrogens is 302 g/mol. The third-order valence-corrected chi connectivity index (χ3v) is 4.56. The third kappa shape index (κ3) is 3.09. The van der Waals surface area contributed by atoms with Gasteiger partial charge in [-0.2, -0.15) is 0 Å². The fourth-order valence-electron chi connectivity index (χ4n) is 3.28. The first-order valence-electron chi connectivity index (χ1n) is 8.24. The summed E-state index contributed by atoms with van der Waals surface area (Å²) in [5.74, 6) is 1.49. The van der Waals surface area contributed by atoms with Crippen LogP contribution < -0.4 is 14.4 Å². The predicted molar refractivity (Wildman–Crippen MR) is 94.9 cm³/mol. The van der Waals surface area contributed by atoms with Crippen molar-refractivity contribution in [1.29, 1.82) is 0 Å². The van der Waals surface area contributed by atoms with Crippen molar-refractivity contribution >= 4 is 11.6 Å². The average molecular weight is 325 g/mol. The largest absolute Gasteiger partial charge is 0.493 e. The molecule has 0 N–H and O–H groups in total. The van der Waals surface area contributed by atoms with E-state index in [1.54, 1.807) is 14.2 Å². The number of fused-ring (bicyclic) bond motifs is 1. The van der Waals surface area contributed by atoms with Crippen LogP contribution in [-0.4, -0.2) is 26.7 Å². The molecule has 4 heteroatoms. The van der Waals surface area contributed by atoms with Gasteiger partial charge in [0.25, 0.3) is 0 Å². The number of hydrogen-bond donors (Lipinski definition) is 0. The Morgan fingerprint density at radius 3 is 2.62 bits per heavy atom. The first-order valence-corrected chi connectivity index (χ1v) is 8.24. The number of hydrogen-bond acceptors (Lipinski definition) is 3. The van der Waals surface area contributed by atoms with Gasteiger partial charge in [0.1, 0.15) is 0 Å². The summed E-state index contributed by atoms with van der Waals surface area (Å²) in [5, 5.41) is 0. The fraction of sp³-hybridized carbons (Fsp3) is 0.350. The SMILES string of the molecule is COc1ccc(CC(C)C(=O)N2CCc3ccccc32)cc1OC. The maximum atomic E-state index is 12.9. The second-order valence-corrected chi connectivity index (χ2v) is 6.16. The van der Waals surface area contributed by atoms with Gasteiger partial charge in [0.15, 0.2) is 11.5 Å². The number of carbonyl (C=O) groups is 1. The average Bonchev–Trinajstić information content (AvgIpc) is 3.04. The highest BCUT2D eigenvalue weighted by Gasteiger charge is 2.27. The monoisotopic (exact) mass is 325 g/mol. The molecule has 0 spiro atoms. The van der Waals surface area contributed by atoms with Crippen molar-refractivity contribution in [2.75, 3.05) is 25.7 Å². The van der Waals surface area contributed by atoms with Crippen LogP contribution in [0.3, 0.4) is 0 Å². The molecule has 1 unspecified atom stereocenters. The van der Waals surface area contributed by atoms with Gasteiger partial charge in [-0.1, -0.05) is 31.2 Å². The Hall–Kier alpha value is -2.49. The van der Waals surface area contributed by atoms with Gasteiger partial charge in [-0.3, -0.25) is 4.79 Å². The molecule has 24 heavy (non-hydrogen) atoms. The molecule has 0 saturated carbocycles. The molecule has 0 saturated heterocycles. The van der Waals surface area contributed by atoms with Crippen LogP contribution in [0.25, 0.3) is 0 Å². The van der Waals surface area contributed by atoms with E-state index in [1.165, 1.54) is 5.56 Å². The topological polar surface area (TPSA) is 38.8 Å². The minimum absolute atomic E-state index is 0.0887. The number of nitrogens with zero attached hydrogens (tertiary/aromatic N) is 1. The van der Waals surface area contributed by atoms with Gasteiger partial charge >= 0.3 is 0 Å². The van der Waals surface area contributed by atoms with E-state index in [4.69, 9.17) is 9.47 Å². The van der Waals surface area contributed by atoms with Gasteiger partial charge in [-0.25, -0.2) is 0 Å². The highest BCUT2D eigenvalue weighted by Crippen LogP contribution is 2.31. The van der Waals surface area contributed by atoms with Crippen molar-refractivity contribution in [2.24, 2.45) is 5.92 Å². The fourth-order valence-corrected chi connectivity index (χ4v) is 3.28. The van der Waals surface area contributed by atoms with Crippen molar-refractivity contribution in [1.82, 2.24) is 0 Å². The van der Waals surface area contributed by atoms with E-state index in [2.05, 4.69) is 6.07 Å². The maximum absolute atomic E-state index is 12.9. The zero-order valence-corrected chi connectivity index (χ0v) is 14.4. The Morgan fingerprint density at radius 2 is 1.88 bits per heavy atom. The van der Waals surface area contributed by atoms with E-state index in [1.807, 2.05) is 48.2 Å². The molecule has 0 fully saturated rings. The minimum atomic E-state index is -0.0887. The van der Waals surface area contributed by atoms with Crippen molar-refractivity contribution in [3.8, 4) is 11.5 Å². The third-order valence-electron chi connectivity index (χ3n) is 4.56. The molecule has 2 aromatic carbocycles. The molecule has 1 heterocycles. The van der Waals surface area contributed by atoms with Crippen molar-refractivity contribution in [3.63, 3.8) is 0 Å². The van der Waals surface area contributed by atoms with Crippen LogP contribution in [0, 0.1) is 5.92 Å². The lowest BCUT2D eigenvalue weighted by atomic mass is 9.99. The molecule has 0 bridgehead atoms. The summed E-state index contributed by atoms with van der Waals surface area (Å²) < 4.78 is 10.6. The van der Waals surface area contributed by atoms with Gasteiger partial charge in [-0.15, -0.1) is 0 Å². The summed E-state index contributed by atoms with van der Waals surface area (Å²) in [6, 6.07) is 14.0. The smallest absolute Gasteiger partial charge is 0.230 e. The zero-order valence-electron chi connectivity index (χ0n) is 14.4. The molecule has 126 valence electrons. The summed E-state index contributed by atoms with van der Waals surface area (Å²) in [5.41, 5.74) is 3.38. The van der Waals surface area contributed by atoms with Gasteiger partial charge in [0.05, 0.1) is 14.2 Å². The summed E-state index contributed by atoms with van der Waals surface area (Å²) in [6.07, 6.45) is 1.61. The number of benzene rings is 2. The molecule has 0 aromatic heterocycles. The molecule has 3 rings (SSSR count).